The number of methoxy groups -OCH3 is 1. The van der Waals surface area contributed by atoms with E-state index in [0.29, 0.717) is 24.6 Å². The molecule has 0 unspecified atom stereocenters. The number of aromatic amines is 1. The number of ether oxygens (including phenoxy) is 2. The van der Waals surface area contributed by atoms with E-state index < -0.39 is 0 Å². The standard InChI is InChI=1S/C24H26ClN3O3/c1-16-11-17(3-8-23(16)30-2)12-24(29)28-10-9-18(14-28)22-13-20(26-27-22)15-31-21-6-4-19(25)5-7-21/h3-8,11,13,18H,9-10,12,14-15H2,1-2H3,(H,26,27)/t18-/m0/s1. The van der Waals surface area contributed by atoms with Crippen LogP contribution >= 0.6 is 11.6 Å². The Morgan fingerprint density at radius 3 is 2.77 bits per heavy atom. The van der Waals surface area contributed by atoms with Crippen molar-refractivity contribution in [2.75, 3.05) is 20.2 Å². The average Bonchev–Trinajstić information content (AvgIpc) is 3.43. The summed E-state index contributed by atoms with van der Waals surface area (Å²) in [5.74, 6) is 1.98. The van der Waals surface area contributed by atoms with Crippen molar-refractivity contribution in [1.29, 1.82) is 0 Å². The van der Waals surface area contributed by atoms with Crippen LogP contribution in [0.1, 0.15) is 34.9 Å². The Labute approximate surface area is 187 Å². The van der Waals surface area contributed by atoms with Gasteiger partial charge in [0.05, 0.1) is 24.9 Å². The lowest BCUT2D eigenvalue weighted by molar-refractivity contribution is -0.129. The molecule has 3 aromatic rings. The summed E-state index contributed by atoms with van der Waals surface area (Å²) in [4.78, 5) is 14.7. The Bertz CT molecular complexity index is 1050. The molecule has 1 fully saturated rings. The third-order valence-corrected chi connectivity index (χ3v) is 5.88. The molecule has 1 aliphatic heterocycles. The molecule has 2 aromatic carbocycles. The molecule has 7 heteroatoms. The molecule has 2 heterocycles. The van der Waals surface area contributed by atoms with Gasteiger partial charge in [0.2, 0.25) is 5.91 Å². The number of amides is 1. The number of halogens is 1. The normalized spacial score (nSPS) is 15.8. The lowest BCUT2D eigenvalue weighted by Crippen LogP contribution is -2.29. The largest absolute Gasteiger partial charge is 0.496 e. The van der Waals surface area contributed by atoms with Crippen LogP contribution in [0.2, 0.25) is 5.02 Å². The van der Waals surface area contributed by atoms with E-state index in [-0.39, 0.29) is 11.8 Å². The second-order valence-corrected chi connectivity index (χ2v) is 8.30. The number of carbonyl (C=O) groups is 1. The summed E-state index contributed by atoms with van der Waals surface area (Å²) in [6.45, 7) is 3.84. The van der Waals surface area contributed by atoms with Gasteiger partial charge >= 0.3 is 0 Å². The third-order valence-electron chi connectivity index (χ3n) is 5.63. The number of nitrogens with one attached hydrogen (secondary N) is 1. The van der Waals surface area contributed by atoms with E-state index in [4.69, 9.17) is 21.1 Å². The van der Waals surface area contributed by atoms with Crippen molar-refractivity contribution in [1.82, 2.24) is 15.1 Å². The first-order chi connectivity index (χ1) is 15.0. The minimum atomic E-state index is 0.147. The Morgan fingerprint density at radius 1 is 1.23 bits per heavy atom. The van der Waals surface area contributed by atoms with Gasteiger partial charge in [-0.2, -0.15) is 5.10 Å². The highest BCUT2D eigenvalue weighted by Gasteiger charge is 2.29. The van der Waals surface area contributed by atoms with Gasteiger partial charge in [-0.3, -0.25) is 9.89 Å². The molecule has 1 saturated heterocycles. The zero-order valence-corrected chi connectivity index (χ0v) is 18.5. The second-order valence-electron chi connectivity index (χ2n) is 7.87. The number of rotatable bonds is 7. The number of benzene rings is 2. The van der Waals surface area contributed by atoms with Gasteiger partial charge in [0.1, 0.15) is 18.1 Å². The Hall–Kier alpha value is -2.99. The first kappa shape index (κ1) is 21.2. The van der Waals surface area contributed by atoms with E-state index in [1.807, 2.05) is 48.2 Å². The lowest BCUT2D eigenvalue weighted by atomic mass is 10.0. The van der Waals surface area contributed by atoms with Crippen LogP contribution in [-0.4, -0.2) is 41.2 Å². The summed E-state index contributed by atoms with van der Waals surface area (Å²) in [6, 6.07) is 15.2. The summed E-state index contributed by atoms with van der Waals surface area (Å²) >= 11 is 5.90. The van der Waals surface area contributed by atoms with Gasteiger partial charge in [-0.25, -0.2) is 0 Å². The molecule has 1 aromatic heterocycles. The van der Waals surface area contributed by atoms with Crippen molar-refractivity contribution >= 4 is 17.5 Å². The summed E-state index contributed by atoms with van der Waals surface area (Å²) in [6.07, 6.45) is 1.31. The first-order valence-electron chi connectivity index (χ1n) is 10.4. The van der Waals surface area contributed by atoms with Gasteiger partial charge in [0.25, 0.3) is 0 Å². The van der Waals surface area contributed by atoms with Crippen LogP contribution in [-0.2, 0) is 17.8 Å². The molecule has 0 saturated carbocycles. The van der Waals surface area contributed by atoms with Crippen molar-refractivity contribution in [3.8, 4) is 11.5 Å². The van der Waals surface area contributed by atoms with Crippen LogP contribution in [0.3, 0.4) is 0 Å². The van der Waals surface area contributed by atoms with Crippen molar-refractivity contribution in [3.63, 3.8) is 0 Å². The summed E-state index contributed by atoms with van der Waals surface area (Å²) in [5, 5.41) is 8.18. The summed E-state index contributed by atoms with van der Waals surface area (Å²) in [7, 11) is 1.65. The summed E-state index contributed by atoms with van der Waals surface area (Å²) in [5.41, 5.74) is 3.93. The molecular formula is C24H26ClN3O3. The SMILES string of the molecule is COc1ccc(CC(=O)N2CC[C@H](c3cc(COc4ccc(Cl)cc4)[nH]n3)C2)cc1C. The fourth-order valence-corrected chi connectivity index (χ4v) is 4.05. The van der Waals surface area contributed by atoms with Crippen molar-refractivity contribution in [3.05, 3.63) is 76.1 Å². The minimum Gasteiger partial charge on any atom is -0.496 e. The van der Waals surface area contributed by atoms with E-state index in [1.54, 1.807) is 19.2 Å². The van der Waals surface area contributed by atoms with Crippen LogP contribution in [0.5, 0.6) is 11.5 Å². The number of carbonyl (C=O) groups excluding carboxylic acids is 1. The molecule has 1 aliphatic rings. The molecule has 0 spiro atoms. The van der Waals surface area contributed by atoms with Crippen LogP contribution in [0, 0.1) is 6.92 Å². The minimum absolute atomic E-state index is 0.147. The van der Waals surface area contributed by atoms with Gasteiger partial charge in [-0.15, -0.1) is 0 Å². The molecular weight excluding hydrogens is 414 g/mol. The van der Waals surface area contributed by atoms with E-state index in [1.165, 1.54) is 0 Å². The highest BCUT2D eigenvalue weighted by Crippen LogP contribution is 2.27. The number of likely N-dealkylation sites (tertiary alicyclic amines) is 1. The van der Waals surface area contributed by atoms with Gasteiger partial charge in [0.15, 0.2) is 0 Å². The number of aromatic nitrogens is 2. The fraction of sp³-hybridized carbons (Fsp3) is 0.333. The molecule has 0 bridgehead atoms. The fourth-order valence-electron chi connectivity index (χ4n) is 3.92. The molecule has 1 amide bonds. The maximum atomic E-state index is 12.8. The molecule has 31 heavy (non-hydrogen) atoms. The third kappa shape index (κ3) is 5.20. The predicted octanol–water partition coefficient (Wildman–Crippen LogP) is 4.52. The average molecular weight is 440 g/mol. The highest BCUT2D eigenvalue weighted by molar-refractivity contribution is 6.30. The maximum absolute atomic E-state index is 12.8. The maximum Gasteiger partial charge on any atom is 0.227 e. The van der Waals surface area contributed by atoms with E-state index >= 15 is 0 Å². The topological polar surface area (TPSA) is 67.4 Å². The van der Waals surface area contributed by atoms with Crippen LogP contribution < -0.4 is 9.47 Å². The second kappa shape index (κ2) is 9.43. The Balaban J connectivity index is 1.30. The first-order valence-corrected chi connectivity index (χ1v) is 10.7. The Kier molecular flexibility index (Phi) is 6.47. The van der Waals surface area contributed by atoms with Crippen molar-refractivity contribution < 1.29 is 14.3 Å². The molecule has 1 atom stereocenters. The smallest absolute Gasteiger partial charge is 0.227 e. The molecule has 0 aliphatic carbocycles. The Morgan fingerprint density at radius 2 is 2.03 bits per heavy atom. The number of aryl methyl sites for hydroxylation is 1. The van der Waals surface area contributed by atoms with Crippen LogP contribution in [0.15, 0.2) is 48.5 Å². The van der Waals surface area contributed by atoms with Gasteiger partial charge in [0, 0.05) is 24.0 Å². The van der Waals surface area contributed by atoms with E-state index in [2.05, 4.69) is 10.2 Å². The van der Waals surface area contributed by atoms with Gasteiger partial charge in [-0.1, -0.05) is 23.7 Å². The number of hydrogen-bond donors (Lipinski definition) is 1. The molecule has 4 rings (SSSR count). The highest BCUT2D eigenvalue weighted by atomic mass is 35.5. The molecule has 6 nitrogen and oxygen atoms in total. The van der Waals surface area contributed by atoms with Crippen molar-refractivity contribution in [2.45, 2.75) is 32.3 Å². The van der Waals surface area contributed by atoms with Crippen LogP contribution in [0.4, 0.5) is 0 Å². The van der Waals surface area contributed by atoms with E-state index in [0.717, 1.165) is 47.0 Å². The monoisotopic (exact) mass is 439 g/mol. The van der Waals surface area contributed by atoms with Crippen LogP contribution in [0.25, 0.3) is 0 Å². The number of hydrogen-bond acceptors (Lipinski definition) is 4. The predicted molar refractivity (Wildman–Crippen MR) is 120 cm³/mol. The quantitative estimate of drug-likeness (QED) is 0.587. The zero-order chi connectivity index (χ0) is 21.8. The molecule has 0 radical (unpaired) electrons. The molecule has 1 N–H and O–H groups in total. The summed E-state index contributed by atoms with van der Waals surface area (Å²) < 4.78 is 11.1. The van der Waals surface area contributed by atoms with Gasteiger partial charge in [-0.05, 0) is 60.9 Å². The van der Waals surface area contributed by atoms with Gasteiger partial charge < -0.3 is 14.4 Å². The zero-order valence-electron chi connectivity index (χ0n) is 17.7. The lowest BCUT2D eigenvalue weighted by Gasteiger charge is -2.16. The van der Waals surface area contributed by atoms with E-state index in [9.17, 15) is 4.79 Å². The van der Waals surface area contributed by atoms with Crippen molar-refractivity contribution in [2.24, 2.45) is 0 Å². The number of H-pyrrole nitrogens is 1. The molecule has 162 valence electrons. The number of nitrogens with zero attached hydrogens (tertiary/aromatic N) is 2.